The number of anilines is 2. The van der Waals surface area contributed by atoms with Gasteiger partial charge >= 0.3 is 0 Å². The predicted molar refractivity (Wildman–Crippen MR) is 107 cm³/mol. The lowest BCUT2D eigenvalue weighted by Gasteiger charge is -2.36. The van der Waals surface area contributed by atoms with Gasteiger partial charge in [-0.25, -0.2) is 4.68 Å². The highest BCUT2D eigenvalue weighted by Gasteiger charge is 2.19. The average Bonchev–Trinajstić information content (AvgIpc) is 2.68. The van der Waals surface area contributed by atoms with Crippen LogP contribution < -0.4 is 20.5 Å². The molecule has 3 rings (SSSR count). The van der Waals surface area contributed by atoms with Gasteiger partial charge in [-0.3, -0.25) is 9.69 Å². The Kier molecular flexibility index (Phi) is 6.16. The second kappa shape index (κ2) is 8.55. The Hall–Kier alpha value is -2.06. The molecule has 26 heavy (non-hydrogen) atoms. The third-order valence-electron chi connectivity index (χ3n) is 4.62. The van der Waals surface area contributed by atoms with Gasteiger partial charge in [0, 0.05) is 46.3 Å². The molecule has 140 valence electrons. The van der Waals surface area contributed by atoms with Gasteiger partial charge in [0.25, 0.3) is 5.56 Å². The maximum atomic E-state index is 11.9. The number of halogens is 1. The van der Waals surface area contributed by atoms with Crippen molar-refractivity contribution < 1.29 is 4.74 Å². The van der Waals surface area contributed by atoms with E-state index in [-0.39, 0.29) is 5.56 Å². The van der Waals surface area contributed by atoms with Gasteiger partial charge in [-0.1, -0.05) is 12.1 Å². The highest BCUT2D eigenvalue weighted by Crippen LogP contribution is 2.28. The Morgan fingerprint density at radius 1 is 1.23 bits per heavy atom. The molecule has 2 aromatic rings. The maximum Gasteiger partial charge on any atom is 0.282 e. The van der Waals surface area contributed by atoms with E-state index in [1.807, 2.05) is 18.2 Å². The van der Waals surface area contributed by atoms with E-state index >= 15 is 0 Å². The van der Waals surface area contributed by atoms with Crippen LogP contribution in [0.4, 0.5) is 11.4 Å². The number of nitrogens with one attached hydrogen (secondary N) is 1. The van der Waals surface area contributed by atoms with Crippen molar-refractivity contribution in [3.63, 3.8) is 0 Å². The lowest BCUT2D eigenvalue weighted by molar-refractivity contribution is 0.266. The molecule has 2 heterocycles. The molecule has 0 atom stereocenters. The summed E-state index contributed by atoms with van der Waals surface area (Å²) in [7, 11) is 3.35. The molecule has 0 amide bonds. The quantitative estimate of drug-likeness (QED) is 0.766. The molecule has 0 radical (unpaired) electrons. The summed E-state index contributed by atoms with van der Waals surface area (Å²) in [6.45, 7) is 5.62. The number of hydrogen-bond acceptors (Lipinski definition) is 6. The molecule has 1 N–H and O–H groups in total. The van der Waals surface area contributed by atoms with Crippen molar-refractivity contribution >= 4 is 27.3 Å². The number of benzene rings is 1. The average molecular weight is 422 g/mol. The summed E-state index contributed by atoms with van der Waals surface area (Å²) >= 11 is 3.34. The molecule has 7 nitrogen and oxygen atoms in total. The van der Waals surface area contributed by atoms with Gasteiger partial charge in [0.1, 0.15) is 10.2 Å². The molecule has 1 saturated heterocycles. The number of hydrogen-bond donors (Lipinski definition) is 1. The summed E-state index contributed by atoms with van der Waals surface area (Å²) in [5.41, 5.74) is 1.75. The first-order chi connectivity index (χ1) is 12.6. The molecule has 0 spiro atoms. The van der Waals surface area contributed by atoms with Gasteiger partial charge in [0.15, 0.2) is 0 Å². The standard InChI is InChI=1S/C18H24BrN5O2/c1-22-18(25)17(19)14(13-21-22)20-7-8-23-9-11-24(12-10-23)15-5-3-4-6-16(15)26-2/h3-6,13,20H,7-12H2,1-2H3. The van der Waals surface area contributed by atoms with Gasteiger partial charge in [0.05, 0.1) is 24.7 Å². The largest absolute Gasteiger partial charge is 0.495 e. The van der Waals surface area contributed by atoms with E-state index in [0.717, 1.165) is 56.4 Å². The fraction of sp³-hybridized carbons (Fsp3) is 0.444. The molecular weight excluding hydrogens is 398 g/mol. The van der Waals surface area contributed by atoms with Gasteiger partial charge in [-0.05, 0) is 28.1 Å². The van der Waals surface area contributed by atoms with Crippen molar-refractivity contribution in [3.8, 4) is 5.75 Å². The van der Waals surface area contributed by atoms with E-state index in [9.17, 15) is 4.79 Å². The van der Waals surface area contributed by atoms with Gasteiger partial charge < -0.3 is 15.0 Å². The van der Waals surface area contributed by atoms with Gasteiger partial charge in [0.2, 0.25) is 0 Å². The smallest absolute Gasteiger partial charge is 0.282 e. The zero-order valence-electron chi connectivity index (χ0n) is 15.1. The number of methoxy groups -OCH3 is 1. The molecule has 1 aromatic carbocycles. The zero-order chi connectivity index (χ0) is 18.5. The summed E-state index contributed by atoms with van der Waals surface area (Å²) in [5, 5.41) is 7.34. The summed E-state index contributed by atoms with van der Waals surface area (Å²) in [5.74, 6) is 0.922. The van der Waals surface area contributed by atoms with Crippen LogP contribution in [-0.4, -0.2) is 61.1 Å². The first-order valence-corrected chi connectivity index (χ1v) is 9.45. The molecule has 0 unspecified atom stereocenters. The summed E-state index contributed by atoms with van der Waals surface area (Å²) in [4.78, 5) is 16.6. The van der Waals surface area contributed by atoms with Crippen molar-refractivity contribution in [2.45, 2.75) is 0 Å². The van der Waals surface area contributed by atoms with Crippen LogP contribution in [-0.2, 0) is 7.05 Å². The number of aryl methyl sites for hydroxylation is 1. The van der Waals surface area contributed by atoms with Crippen LogP contribution in [0, 0.1) is 0 Å². The van der Waals surface area contributed by atoms with Gasteiger partial charge in [-0.2, -0.15) is 5.10 Å². The van der Waals surface area contributed by atoms with Crippen molar-refractivity contribution in [2.75, 3.05) is 56.6 Å². The Morgan fingerprint density at radius 2 is 1.96 bits per heavy atom. The minimum Gasteiger partial charge on any atom is -0.495 e. The number of ether oxygens (including phenoxy) is 1. The third kappa shape index (κ3) is 4.19. The molecule has 1 aliphatic rings. The summed E-state index contributed by atoms with van der Waals surface area (Å²) in [6, 6.07) is 8.15. The number of aromatic nitrogens is 2. The molecule has 1 aromatic heterocycles. The third-order valence-corrected chi connectivity index (χ3v) is 5.39. The summed E-state index contributed by atoms with van der Waals surface area (Å²) < 4.78 is 7.30. The molecule has 1 aliphatic heterocycles. The van der Waals surface area contributed by atoms with E-state index < -0.39 is 0 Å². The predicted octanol–water partition coefficient (Wildman–Crippen LogP) is 1.79. The maximum absolute atomic E-state index is 11.9. The molecular formula is C18H24BrN5O2. The molecule has 1 fully saturated rings. The number of piperazine rings is 1. The van der Waals surface area contributed by atoms with Crippen LogP contribution in [0.25, 0.3) is 0 Å². The van der Waals surface area contributed by atoms with Crippen LogP contribution in [0.3, 0.4) is 0 Å². The lowest BCUT2D eigenvalue weighted by Crippen LogP contribution is -2.47. The highest BCUT2D eigenvalue weighted by atomic mass is 79.9. The Labute approximate surface area is 161 Å². The summed E-state index contributed by atoms with van der Waals surface area (Å²) in [6.07, 6.45) is 1.67. The van der Waals surface area contributed by atoms with Crippen molar-refractivity contribution in [1.82, 2.24) is 14.7 Å². The first kappa shape index (κ1) is 18.7. The minimum atomic E-state index is -0.138. The van der Waals surface area contributed by atoms with Crippen molar-refractivity contribution in [1.29, 1.82) is 0 Å². The van der Waals surface area contributed by atoms with Gasteiger partial charge in [-0.15, -0.1) is 0 Å². The van der Waals surface area contributed by atoms with Crippen molar-refractivity contribution in [3.05, 3.63) is 45.3 Å². The normalized spacial score (nSPS) is 15.1. The topological polar surface area (TPSA) is 62.6 Å². The molecule has 0 bridgehead atoms. The Bertz CT molecular complexity index is 802. The Balaban J connectivity index is 1.49. The van der Waals surface area contributed by atoms with E-state index in [1.165, 1.54) is 4.68 Å². The fourth-order valence-electron chi connectivity index (χ4n) is 3.09. The van der Waals surface area contributed by atoms with Crippen LogP contribution in [0.1, 0.15) is 0 Å². The zero-order valence-corrected chi connectivity index (χ0v) is 16.7. The van der Waals surface area contributed by atoms with Crippen LogP contribution in [0.2, 0.25) is 0 Å². The van der Waals surface area contributed by atoms with Crippen molar-refractivity contribution in [2.24, 2.45) is 7.05 Å². The molecule has 0 saturated carbocycles. The highest BCUT2D eigenvalue weighted by molar-refractivity contribution is 9.10. The van der Waals surface area contributed by atoms with E-state index in [2.05, 4.69) is 42.2 Å². The van der Waals surface area contributed by atoms with E-state index in [4.69, 9.17) is 4.74 Å². The Morgan fingerprint density at radius 3 is 2.69 bits per heavy atom. The van der Waals surface area contributed by atoms with Crippen LogP contribution in [0.5, 0.6) is 5.75 Å². The minimum absolute atomic E-state index is 0.138. The molecule has 0 aliphatic carbocycles. The number of rotatable bonds is 6. The second-order valence-corrected chi connectivity index (χ2v) is 7.02. The van der Waals surface area contributed by atoms with Crippen LogP contribution >= 0.6 is 15.9 Å². The number of nitrogens with zero attached hydrogens (tertiary/aromatic N) is 4. The second-order valence-electron chi connectivity index (χ2n) is 6.23. The fourth-order valence-corrected chi connectivity index (χ4v) is 3.59. The van der Waals surface area contributed by atoms with Crippen LogP contribution in [0.15, 0.2) is 39.7 Å². The first-order valence-electron chi connectivity index (χ1n) is 8.66. The van der Waals surface area contributed by atoms with E-state index in [0.29, 0.717) is 4.47 Å². The monoisotopic (exact) mass is 421 g/mol. The number of para-hydroxylation sites is 2. The molecule has 8 heteroatoms. The lowest BCUT2D eigenvalue weighted by atomic mass is 10.2. The van der Waals surface area contributed by atoms with E-state index in [1.54, 1.807) is 20.4 Å². The SMILES string of the molecule is COc1ccccc1N1CCN(CCNc2cnn(C)c(=O)c2Br)CC1.